The number of likely N-dealkylation sites (tertiary alicyclic amines) is 1. The van der Waals surface area contributed by atoms with Crippen LogP contribution in [0, 0.1) is 0 Å². The van der Waals surface area contributed by atoms with Crippen LogP contribution in [0.15, 0.2) is 29.4 Å². The van der Waals surface area contributed by atoms with Crippen molar-refractivity contribution in [2.24, 2.45) is 0 Å². The summed E-state index contributed by atoms with van der Waals surface area (Å²) < 4.78 is 38.5. The molecule has 1 atom stereocenters. The van der Waals surface area contributed by atoms with E-state index in [1.807, 2.05) is 11.6 Å². The van der Waals surface area contributed by atoms with Gasteiger partial charge in [0.2, 0.25) is 11.1 Å². The summed E-state index contributed by atoms with van der Waals surface area (Å²) in [6.07, 6.45) is -1.85. The van der Waals surface area contributed by atoms with Crippen LogP contribution in [0.25, 0.3) is 5.69 Å². The fourth-order valence-electron chi connectivity index (χ4n) is 2.97. The van der Waals surface area contributed by atoms with E-state index in [0.29, 0.717) is 29.4 Å². The molecule has 1 aliphatic rings. The number of rotatable bonds is 5. The maximum Gasteiger partial charge on any atom is 0.405 e. The normalized spacial score (nSPS) is 16.7. The Hall–Kier alpha value is -2.83. The van der Waals surface area contributed by atoms with Gasteiger partial charge in [-0.25, -0.2) is 4.79 Å². The molecule has 1 fully saturated rings. The lowest BCUT2D eigenvalue weighted by molar-refractivity contribution is -0.140. The molecule has 1 aliphatic heterocycles. The molecule has 9 nitrogen and oxygen atoms in total. The Morgan fingerprint density at radius 2 is 2.14 bits per heavy atom. The molecule has 29 heavy (non-hydrogen) atoms. The van der Waals surface area contributed by atoms with Gasteiger partial charge in [0, 0.05) is 12.2 Å². The summed E-state index contributed by atoms with van der Waals surface area (Å²) in [7, 11) is 0. The van der Waals surface area contributed by atoms with E-state index in [4.69, 9.17) is 0 Å². The average Bonchev–Trinajstić information content (AvgIpc) is 3.34. The molecule has 2 aromatic rings. The van der Waals surface area contributed by atoms with Crippen molar-refractivity contribution in [2.45, 2.75) is 30.2 Å². The van der Waals surface area contributed by atoms with Crippen LogP contribution in [0.3, 0.4) is 0 Å². The molecule has 0 saturated carbocycles. The first-order chi connectivity index (χ1) is 13.8. The van der Waals surface area contributed by atoms with Crippen LogP contribution >= 0.6 is 11.8 Å². The third-order valence-corrected chi connectivity index (χ3v) is 4.86. The van der Waals surface area contributed by atoms with Crippen LogP contribution in [-0.2, 0) is 4.79 Å². The van der Waals surface area contributed by atoms with Gasteiger partial charge in [-0.2, -0.15) is 17.9 Å². The van der Waals surface area contributed by atoms with Crippen molar-refractivity contribution in [3.63, 3.8) is 0 Å². The number of urea groups is 1. The number of carbonyl (C=O) groups excluding carboxylic acids is 2. The Kier molecular flexibility index (Phi) is 6.25. The molecule has 0 bridgehead atoms. The van der Waals surface area contributed by atoms with E-state index >= 15 is 0 Å². The number of halogens is 3. The number of tetrazole rings is 1. The van der Waals surface area contributed by atoms with Crippen molar-refractivity contribution in [3.05, 3.63) is 24.3 Å². The largest absolute Gasteiger partial charge is 0.405 e. The van der Waals surface area contributed by atoms with E-state index in [2.05, 4.69) is 20.8 Å². The van der Waals surface area contributed by atoms with E-state index in [0.717, 1.165) is 0 Å². The van der Waals surface area contributed by atoms with Gasteiger partial charge in [-0.15, -0.1) is 5.10 Å². The maximum atomic E-state index is 12.6. The molecule has 0 radical (unpaired) electrons. The molecule has 1 aromatic heterocycles. The van der Waals surface area contributed by atoms with Gasteiger partial charge in [0.05, 0.1) is 5.69 Å². The molecule has 1 saturated heterocycles. The minimum absolute atomic E-state index is 0.277. The number of carbonyl (C=O) groups is 2. The average molecular weight is 429 g/mol. The molecule has 0 aliphatic carbocycles. The zero-order valence-electron chi connectivity index (χ0n) is 15.3. The lowest BCUT2D eigenvalue weighted by atomic mass is 10.2. The van der Waals surface area contributed by atoms with E-state index < -0.39 is 30.7 Å². The first-order valence-electron chi connectivity index (χ1n) is 8.63. The fourth-order valence-corrected chi connectivity index (χ4v) is 3.40. The predicted octanol–water partition coefficient (Wildman–Crippen LogP) is 2.06. The highest BCUT2D eigenvalue weighted by molar-refractivity contribution is 7.98. The zero-order chi connectivity index (χ0) is 21.0. The number of alkyl halides is 3. The van der Waals surface area contributed by atoms with Gasteiger partial charge in [-0.05, 0) is 47.7 Å². The predicted molar refractivity (Wildman–Crippen MR) is 98.7 cm³/mol. The SMILES string of the molecule is CSc1nnnn1-c1cccc(NC(=O)N2CCCC2C(=O)NCC(F)(F)F)c1. The third-order valence-electron chi connectivity index (χ3n) is 4.24. The van der Waals surface area contributed by atoms with Crippen LogP contribution in [-0.4, -0.2) is 68.6 Å². The number of thioether (sulfide) groups is 1. The van der Waals surface area contributed by atoms with Gasteiger partial charge < -0.3 is 15.5 Å². The van der Waals surface area contributed by atoms with E-state index in [9.17, 15) is 22.8 Å². The summed E-state index contributed by atoms with van der Waals surface area (Å²) in [6.45, 7) is -1.15. The van der Waals surface area contributed by atoms with Gasteiger partial charge in [0.25, 0.3) is 0 Å². The Balaban J connectivity index is 1.68. The Bertz CT molecular complexity index is 889. The number of anilines is 1. The van der Waals surface area contributed by atoms with Gasteiger partial charge >= 0.3 is 12.2 Å². The first-order valence-corrected chi connectivity index (χ1v) is 9.86. The van der Waals surface area contributed by atoms with Gasteiger partial charge in [-0.1, -0.05) is 17.8 Å². The minimum atomic E-state index is -4.51. The maximum absolute atomic E-state index is 12.6. The Labute approximate surface area is 168 Å². The van der Waals surface area contributed by atoms with Crippen molar-refractivity contribution in [1.82, 2.24) is 30.4 Å². The molecular formula is C16H18F3N7O2S. The second kappa shape index (κ2) is 8.68. The lowest BCUT2D eigenvalue weighted by Crippen LogP contribution is -2.49. The fraction of sp³-hybridized carbons (Fsp3) is 0.438. The van der Waals surface area contributed by atoms with Crippen LogP contribution in [0.1, 0.15) is 12.8 Å². The zero-order valence-corrected chi connectivity index (χ0v) is 16.1. The molecule has 3 amide bonds. The third kappa shape index (κ3) is 5.16. The standard InChI is InChI=1S/C16H18F3N7O2S/c1-29-15-22-23-24-26(15)11-5-2-4-10(8-11)21-14(28)25-7-3-6-12(25)13(27)20-9-16(17,18)19/h2,4-5,8,12H,3,6-7,9H2,1H3,(H,20,27)(H,21,28). The van der Waals surface area contributed by atoms with Crippen molar-refractivity contribution in [2.75, 3.05) is 24.7 Å². The lowest BCUT2D eigenvalue weighted by Gasteiger charge is -2.24. The Morgan fingerprint density at radius 3 is 2.86 bits per heavy atom. The van der Waals surface area contributed by atoms with Crippen molar-refractivity contribution in [3.8, 4) is 5.69 Å². The summed E-state index contributed by atoms with van der Waals surface area (Å²) in [4.78, 5) is 25.9. The van der Waals surface area contributed by atoms with Crippen molar-refractivity contribution < 1.29 is 22.8 Å². The molecule has 3 rings (SSSR count). The van der Waals surface area contributed by atoms with E-state index in [-0.39, 0.29) is 6.54 Å². The molecule has 0 spiro atoms. The molecule has 1 aromatic carbocycles. The monoisotopic (exact) mass is 429 g/mol. The number of hydrogen-bond acceptors (Lipinski definition) is 6. The smallest absolute Gasteiger partial charge is 0.345 e. The summed E-state index contributed by atoms with van der Waals surface area (Å²) >= 11 is 1.35. The molecule has 2 heterocycles. The number of amides is 3. The van der Waals surface area contributed by atoms with Crippen LogP contribution in [0.2, 0.25) is 0 Å². The highest BCUT2D eigenvalue weighted by Gasteiger charge is 2.36. The summed E-state index contributed by atoms with van der Waals surface area (Å²) in [5.74, 6) is -0.818. The summed E-state index contributed by atoms with van der Waals surface area (Å²) in [5.41, 5.74) is 1.06. The van der Waals surface area contributed by atoms with Gasteiger partial charge in [0.1, 0.15) is 12.6 Å². The van der Waals surface area contributed by atoms with E-state index in [1.165, 1.54) is 21.3 Å². The molecule has 1 unspecified atom stereocenters. The number of hydrogen-bond donors (Lipinski definition) is 2. The number of nitrogens with one attached hydrogen (secondary N) is 2. The van der Waals surface area contributed by atoms with Crippen LogP contribution in [0.5, 0.6) is 0 Å². The van der Waals surface area contributed by atoms with E-state index in [1.54, 1.807) is 24.3 Å². The second-order valence-electron chi connectivity index (χ2n) is 6.24. The molecule has 156 valence electrons. The number of nitrogens with zero attached hydrogens (tertiary/aromatic N) is 5. The van der Waals surface area contributed by atoms with Gasteiger partial charge in [-0.3, -0.25) is 4.79 Å². The Morgan fingerprint density at radius 1 is 1.34 bits per heavy atom. The molecule has 13 heteroatoms. The van der Waals surface area contributed by atoms with Crippen LogP contribution < -0.4 is 10.6 Å². The van der Waals surface area contributed by atoms with Crippen LogP contribution in [0.4, 0.5) is 23.7 Å². The number of aromatic nitrogens is 4. The van der Waals surface area contributed by atoms with Crippen molar-refractivity contribution in [1.29, 1.82) is 0 Å². The van der Waals surface area contributed by atoms with Gasteiger partial charge in [0.15, 0.2) is 0 Å². The summed E-state index contributed by atoms with van der Waals surface area (Å²) in [6, 6.07) is 5.27. The first kappa shape index (κ1) is 20.9. The second-order valence-corrected chi connectivity index (χ2v) is 7.02. The quantitative estimate of drug-likeness (QED) is 0.705. The highest BCUT2D eigenvalue weighted by atomic mass is 32.2. The molecular weight excluding hydrogens is 411 g/mol. The molecule has 2 N–H and O–H groups in total. The minimum Gasteiger partial charge on any atom is -0.345 e. The van der Waals surface area contributed by atoms with Crippen molar-refractivity contribution >= 4 is 29.4 Å². The summed E-state index contributed by atoms with van der Waals surface area (Å²) in [5, 5.41) is 16.5. The number of benzene rings is 1. The topological polar surface area (TPSA) is 105 Å². The highest BCUT2D eigenvalue weighted by Crippen LogP contribution is 2.22.